The van der Waals surface area contributed by atoms with E-state index in [1.54, 1.807) is 0 Å². The Morgan fingerprint density at radius 2 is 2.20 bits per heavy atom. The number of carbonyl (C=O) groups is 1. The van der Waals surface area contributed by atoms with E-state index in [0.717, 1.165) is 12.0 Å². The zero-order valence-electron chi connectivity index (χ0n) is 9.29. The van der Waals surface area contributed by atoms with Gasteiger partial charge in [-0.2, -0.15) is 0 Å². The summed E-state index contributed by atoms with van der Waals surface area (Å²) < 4.78 is 0. The lowest BCUT2D eigenvalue weighted by molar-refractivity contribution is -0.115. The Balaban J connectivity index is 2.16. The zero-order valence-corrected chi connectivity index (χ0v) is 9.29. The van der Waals surface area contributed by atoms with Crippen molar-refractivity contribution >= 4 is 5.78 Å². The summed E-state index contributed by atoms with van der Waals surface area (Å²) in [5.41, 5.74) is 3.49. The van der Waals surface area contributed by atoms with Gasteiger partial charge in [-0.1, -0.05) is 42.8 Å². The molecule has 0 aliphatic heterocycles. The van der Waals surface area contributed by atoms with Crippen molar-refractivity contribution < 1.29 is 4.79 Å². The molecule has 1 atom stereocenters. The summed E-state index contributed by atoms with van der Waals surface area (Å²) in [6.45, 7) is 4.18. The molecule has 1 heteroatoms. The van der Waals surface area contributed by atoms with E-state index in [9.17, 15) is 4.79 Å². The van der Waals surface area contributed by atoms with Crippen LogP contribution in [0.3, 0.4) is 0 Å². The largest absolute Gasteiger partial charge is 0.295 e. The van der Waals surface area contributed by atoms with Crippen LogP contribution in [-0.2, 0) is 11.2 Å². The van der Waals surface area contributed by atoms with Crippen LogP contribution in [-0.4, -0.2) is 5.78 Å². The monoisotopic (exact) mass is 200 g/mol. The highest BCUT2D eigenvalue weighted by Crippen LogP contribution is 2.23. The van der Waals surface area contributed by atoms with Crippen molar-refractivity contribution in [2.45, 2.75) is 26.7 Å². The zero-order chi connectivity index (χ0) is 10.8. The molecule has 0 radical (unpaired) electrons. The standard InChI is InChI=1S/C14H16O/c1-10-4-3-5-12(6-10)9-13-7-11(2)8-14(13)15/h3-7,11H,8-9H2,1-2H3/t11-/m0/s1. The van der Waals surface area contributed by atoms with Crippen molar-refractivity contribution in [2.75, 3.05) is 0 Å². The molecule has 0 heterocycles. The molecule has 0 amide bonds. The molecule has 0 bridgehead atoms. The maximum atomic E-state index is 11.6. The fourth-order valence-electron chi connectivity index (χ4n) is 2.12. The predicted molar refractivity (Wildman–Crippen MR) is 61.8 cm³/mol. The fourth-order valence-corrected chi connectivity index (χ4v) is 2.12. The van der Waals surface area contributed by atoms with Gasteiger partial charge >= 0.3 is 0 Å². The normalized spacial score (nSPS) is 20.5. The quantitative estimate of drug-likeness (QED) is 0.717. The lowest BCUT2D eigenvalue weighted by atomic mass is 10.0. The van der Waals surface area contributed by atoms with Crippen LogP contribution in [0.2, 0.25) is 0 Å². The molecule has 0 spiro atoms. The minimum atomic E-state index is 0.323. The number of allylic oxidation sites excluding steroid dienone is 2. The third-order valence-electron chi connectivity index (χ3n) is 2.83. The topological polar surface area (TPSA) is 17.1 Å². The number of ketones is 1. The smallest absolute Gasteiger partial charge is 0.159 e. The number of benzene rings is 1. The van der Waals surface area contributed by atoms with Gasteiger partial charge in [0, 0.05) is 12.8 Å². The highest BCUT2D eigenvalue weighted by Gasteiger charge is 2.20. The molecule has 0 N–H and O–H groups in total. The van der Waals surface area contributed by atoms with Crippen molar-refractivity contribution in [3.8, 4) is 0 Å². The van der Waals surface area contributed by atoms with Crippen molar-refractivity contribution in [3.05, 3.63) is 47.0 Å². The molecule has 0 fully saturated rings. The van der Waals surface area contributed by atoms with Gasteiger partial charge in [0.1, 0.15) is 0 Å². The number of rotatable bonds is 2. The van der Waals surface area contributed by atoms with Crippen LogP contribution in [0.5, 0.6) is 0 Å². The summed E-state index contributed by atoms with van der Waals surface area (Å²) in [7, 11) is 0. The molecule has 0 saturated carbocycles. The van der Waals surface area contributed by atoms with Crippen LogP contribution in [0.25, 0.3) is 0 Å². The van der Waals surface area contributed by atoms with Gasteiger partial charge in [-0.15, -0.1) is 0 Å². The van der Waals surface area contributed by atoms with Gasteiger partial charge in [0.25, 0.3) is 0 Å². The van der Waals surface area contributed by atoms with Crippen LogP contribution in [0, 0.1) is 12.8 Å². The van der Waals surface area contributed by atoms with Crippen LogP contribution >= 0.6 is 0 Å². The molecule has 0 saturated heterocycles. The van der Waals surface area contributed by atoms with E-state index in [1.165, 1.54) is 11.1 Å². The minimum Gasteiger partial charge on any atom is -0.295 e. The molecule has 1 aromatic carbocycles. The second-order valence-corrected chi connectivity index (χ2v) is 4.46. The van der Waals surface area contributed by atoms with Gasteiger partial charge in [-0.25, -0.2) is 0 Å². The van der Waals surface area contributed by atoms with Crippen molar-refractivity contribution in [2.24, 2.45) is 5.92 Å². The van der Waals surface area contributed by atoms with Crippen molar-refractivity contribution in [1.82, 2.24) is 0 Å². The van der Waals surface area contributed by atoms with Gasteiger partial charge in [-0.3, -0.25) is 4.79 Å². The summed E-state index contributed by atoms with van der Waals surface area (Å²) in [5, 5.41) is 0. The van der Waals surface area contributed by atoms with Gasteiger partial charge in [0.05, 0.1) is 0 Å². The second-order valence-electron chi connectivity index (χ2n) is 4.46. The molecule has 2 rings (SSSR count). The summed E-state index contributed by atoms with van der Waals surface area (Å²) in [4.78, 5) is 11.6. The maximum absolute atomic E-state index is 11.6. The molecule has 1 aromatic rings. The van der Waals surface area contributed by atoms with Crippen LogP contribution in [0.1, 0.15) is 24.5 Å². The third kappa shape index (κ3) is 2.35. The number of Topliss-reactive ketones (excluding diaryl/α,β-unsaturated/α-hetero) is 1. The molecular weight excluding hydrogens is 184 g/mol. The van der Waals surface area contributed by atoms with E-state index in [-0.39, 0.29) is 0 Å². The first kappa shape index (κ1) is 10.2. The molecule has 1 nitrogen and oxygen atoms in total. The number of carbonyl (C=O) groups excluding carboxylic acids is 1. The third-order valence-corrected chi connectivity index (χ3v) is 2.83. The van der Waals surface area contributed by atoms with Crippen molar-refractivity contribution in [1.29, 1.82) is 0 Å². The number of hydrogen-bond acceptors (Lipinski definition) is 1. The lowest BCUT2D eigenvalue weighted by Crippen LogP contribution is -2.00. The molecule has 0 aromatic heterocycles. The van der Waals surface area contributed by atoms with E-state index in [4.69, 9.17) is 0 Å². The van der Waals surface area contributed by atoms with E-state index >= 15 is 0 Å². The molecule has 1 aliphatic rings. The highest BCUT2D eigenvalue weighted by atomic mass is 16.1. The first-order valence-electron chi connectivity index (χ1n) is 5.44. The maximum Gasteiger partial charge on any atom is 0.159 e. The average molecular weight is 200 g/mol. The molecule has 78 valence electrons. The number of hydrogen-bond donors (Lipinski definition) is 0. The summed E-state index contributed by atoms with van der Waals surface area (Å²) in [6.07, 6.45) is 3.61. The summed E-state index contributed by atoms with van der Waals surface area (Å²) in [6, 6.07) is 8.37. The Hall–Kier alpha value is -1.37. The van der Waals surface area contributed by atoms with Crippen LogP contribution in [0.15, 0.2) is 35.9 Å². The lowest BCUT2D eigenvalue weighted by Gasteiger charge is -2.02. The van der Waals surface area contributed by atoms with Gasteiger partial charge in [0.2, 0.25) is 0 Å². The molecule has 1 aliphatic carbocycles. The van der Waals surface area contributed by atoms with E-state index < -0.39 is 0 Å². The minimum absolute atomic E-state index is 0.323. The highest BCUT2D eigenvalue weighted by molar-refractivity contribution is 5.98. The van der Waals surface area contributed by atoms with Gasteiger partial charge in [0.15, 0.2) is 5.78 Å². The number of aryl methyl sites for hydroxylation is 1. The van der Waals surface area contributed by atoms with E-state index in [2.05, 4.69) is 38.1 Å². The Kier molecular flexibility index (Phi) is 2.72. The first-order valence-corrected chi connectivity index (χ1v) is 5.44. The van der Waals surface area contributed by atoms with Crippen LogP contribution in [0.4, 0.5) is 0 Å². The Labute approximate surface area is 90.8 Å². The Bertz CT molecular complexity index is 415. The van der Waals surface area contributed by atoms with Gasteiger partial charge in [-0.05, 0) is 24.0 Å². The fraction of sp³-hybridized carbons (Fsp3) is 0.357. The van der Waals surface area contributed by atoms with E-state index in [0.29, 0.717) is 18.1 Å². The molecular formula is C14H16O. The Morgan fingerprint density at radius 1 is 1.40 bits per heavy atom. The average Bonchev–Trinajstić information content (AvgIpc) is 2.45. The molecule has 15 heavy (non-hydrogen) atoms. The predicted octanol–water partition coefficient (Wildman–Crippen LogP) is 3.07. The summed E-state index contributed by atoms with van der Waals surface area (Å²) >= 11 is 0. The SMILES string of the molecule is Cc1cccc(CC2=C[C@H](C)CC2=O)c1. The van der Waals surface area contributed by atoms with E-state index in [1.807, 2.05) is 6.07 Å². The van der Waals surface area contributed by atoms with Gasteiger partial charge < -0.3 is 0 Å². The molecule has 0 unspecified atom stereocenters. The second kappa shape index (κ2) is 4.01. The first-order chi connectivity index (χ1) is 7.15. The summed E-state index contributed by atoms with van der Waals surface area (Å²) in [5.74, 6) is 0.751. The van der Waals surface area contributed by atoms with Crippen LogP contribution < -0.4 is 0 Å². The van der Waals surface area contributed by atoms with Crippen molar-refractivity contribution in [3.63, 3.8) is 0 Å². The Morgan fingerprint density at radius 3 is 2.80 bits per heavy atom.